The molecule has 0 unspecified atom stereocenters. The standard InChI is InChI=1S/2C5H5.H3Si.Ti/c2*1-2-4-5-3-1;;/h2*1-5H;1H3;/q2*-1;;+2. The van der Waals surface area contributed by atoms with Gasteiger partial charge in [0.05, 0.1) is 0 Å². The summed E-state index contributed by atoms with van der Waals surface area (Å²) in [4.78, 5) is 0. The second-order valence-electron chi connectivity index (χ2n) is 1.92. The molecule has 0 saturated heterocycles. The molecule has 0 aliphatic carbocycles. The van der Waals surface area contributed by atoms with Crippen LogP contribution in [0.3, 0.4) is 0 Å². The van der Waals surface area contributed by atoms with E-state index < -0.39 is 0 Å². The first kappa shape index (κ1) is 14.2. The summed E-state index contributed by atoms with van der Waals surface area (Å²) in [5, 5.41) is 0. The predicted octanol–water partition coefficient (Wildman–Crippen LogP) is 1.62. The van der Waals surface area contributed by atoms with E-state index in [0.29, 0.717) is 0 Å². The van der Waals surface area contributed by atoms with Gasteiger partial charge in [0, 0.05) is 0 Å². The van der Waals surface area contributed by atoms with Crippen molar-refractivity contribution < 1.29 is 21.7 Å². The molecule has 2 heteroatoms. The summed E-state index contributed by atoms with van der Waals surface area (Å²) in [6, 6.07) is 20.0. The van der Waals surface area contributed by atoms with E-state index in [1.807, 2.05) is 60.7 Å². The van der Waals surface area contributed by atoms with Crippen LogP contribution in [0.25, 0.3) is 0 Å². The minimum absolute atomic E-state index is 0. The van der Waals surface area contributed by atoms with Gasteiger partial charge in [0.1, 0.15) is 0 Å². The van der Waals surface area contributed by atoms with Crippen molar-refractivity contribution in [3.8, 4) is 0 Å². The van der Waals surface area contributed by atoms with Crippen LogP contribution in [-0.2, 0) is 21.7 Å². The minimum Gasteiger partial charge on any atom is -0.214 e. The summed E-state index contributed by atoms with van der Waals surface area (Å²) >= 11 is 0. The Bertz CT molecular complexity index is 149. The summed E-state index contributed by atoms with van der Waals surface area (Å²) in [6.07, 6.45) is 0. The molecule has 0 atom stereocenters. The SMILES string of the molecule is [SiH3].[Ti+2].c1cc[cH-]c1.c1cc[cH-]c1. The molecule has 0 saturated carbocycles. The van der Waals surface area contributed by atoms with E-state index in [4.69, 9.17) is 0 Å². The zero-order valence-corrected chi connectivity index (χ0v) is 10.8. The topological polar surface area (TPSA) is 0 Å². The molecule has 0 aromatic heterocycles. The third kappa shape index (κ3) is 7.73. The van der Waals surface area contributed by atoms with E-state index in [-0.39, 0.29) is 32.7 Å². The molecule has 0 bridgehead atoms. The Morgan fingerprint density at radius 2 is 0.833 bits per heavy atom. The normalized spacial score (nSPS) is 6.67. The van der Waals surface area contributed by atoms with Gasteiger partial charge in [-0.2, -0.15) is 36.4 Å². The van der Waals surface area contributed by atoms with Gasteiger partial charge >= 0.3 is 21.7 Å². The Balaban J connectivity index is 0. The Morgan fingerprint density at radius 3 is 0.917 bits per heavy atom. The molecule has 2 rings (SSSR count). The fraction of sp³-hybridized carbons (Fsp3) is 0. The molecule has 1 radical (unpaired) electrons. The summed E-state index contributed by atoms with van der Waals surface area (Å²) in [5.41, 5.74) is 0. The van der Waals surface area contributed by atoms with Crippen LogP contribution in [-0.4, -0.2) is 11.0 Å². The number of hydrogen-bond acceptors (Lipinski definition) is 0. The smallest absolute Gasteiger partial charge is 0.214 e. The van der Waals surface area contributed by atoms with E-state index in [1.54, 1.807) is 0 Å². The van der Waals surface area contributed by atoms with Crippen LogP contribution < -0.4 is 0 Å². The van der Waals surface area contributed by atoms with Crippen molar-refractivity contribution in [3.63, 3.8) is 0 Å². The van der Waals surface area contributed by atoms with E-state index in [2.05, 4.69) is 0 Å². The van der Waals surface area contributed by atoms with Gasteiger partial charge < -0.3 is 0 Å². The van der Waals surface area contributed by atoms with E-state index in [1.165, 1.54) is 0 Å². The molecule has 0 spiro atoms. The Hall–Kier alpha value is -0.369. The van der Waals surface area contributed by atoms with Gasteiger partial charge in [-0.05, 0) is 11.0 Å². The van der Waals surface area contributed by atoms with E-state index >= 15 is 0 Å². The monoisotopic (exact) mass is 209 g/mol. The second-order valence-corrected chi connectivity index (χ2v) is 1.92. The molecular formula is C10H13SiTi. The average Bonchev–Trinajstić information content (AvgIpc) is 2.67. The van der Waals surface area contributed by atoms with E-state index in [9.17, 15) is 0 Å². The first-order valence-electron chi connectivity index (χ1n) is 3.33. The van der Waals surface area contributed by atoms with Gasteiger partial charge in [0.2, 0.25) is 0 Å². The largest absolute Gasteiger partial charge is 2.00 e. The van der Waals surface area contributed by atoms with Crippen LogP contribution in [0.4, 0.5) is 0 Å². The van der Waals surface area contributed by atoms with Crippen molar-refractivity contribution in [2.24, 2.45) is 0 Å². The first-order valence-corrected chi connectivity index (χ1v) is 3.33. The molecular weight excluding hydrogens is 196 g/mol. The van der Waals surface area contributed by atoms with Crippen molar-refractivity contribution in [3.05, 3.63) is 60.7 Å². The fourth-order valence-electron chi connectivity index (χ4n) is 0.642. The van der Waals surface area contributed by atoms with Crippen LogP contribution in [0.5, 0.6) is 0 Å². The second kappa shape index (κ2) is 10.6. The van der Waals surface area contributed by atoms with Crippen LogP contribution in [0.15, 0.2) is 60.7 Å². The van der Waals surface area contributed by atoms with Gasteiger partial charge in [-0.3, -0.25) is 0 Å². The molecule has 0 fully saturated rings. The Morgan fingerprint density at radius 1 is 0.583 bits per heavy atom. The maximum absolute atomic E-state index is 2.00. The Kier molecular flexibility index (Phi) is 12.6. The zero-order chi connectivity index (χ0) is 7.07. The molecule has 2 aromatic carbocycles. The van der Waals surface area contributed by atoms with Gasteiger partial charge in [-0.25, -0.2) is 24.3 Å². The molecule has 2 aromatic rings. The molecule has 0 nitrogen and oxygen atoms in total. The van der Waals surface area contributed by atoms with Gasteiger partial charge in [0.25, 0.3) is 0 Å². The average molecular weight is 209 g/mol. The Labute approximate surface area is 93.3 Å². The maximum atomic E-state index is 2.00. The molecule has 0 aliphatic heterocycles. The van der Waals surface area contributed by atoms with E-state index in [0.717, 1.165) is 0 Å². The molecule has 0 amide bonds. The molecule has 0 N–H and O–H groups in total. The van der Waals surface area contributed by atoms with Gasteiger partial charge in [-0.1, -0.05) is 0 Å². The van der Waals surface area contributed by atoms with Crippen LogP contribution in [0.2, 0.25) is 0 Å². The van der Waals surface area contributed by atoms with Crippen molar-refractivity contribution in [1.29, 1.82) is 0 Å². The molecule has 12 heavy (non-hydrogen) atoms. The van der Waals surface area contributed by atoms with Crippen molar-refractivity contribution >= 4 is 11.0 Å². The third-order valence-corrected chi connectivity index (χ3v) is 1.11. The molecule has 61 valence electrons. The van der Waals surface area contributed by atoms with Crippen LogP contribution in [0, 0.1) is 0 Å². The summed E-state index contributed by atoms with van der Waals surface area (Å²) in [7, 11) is 0. The summed E-state index contributed by atoms with van der Waals surface area (Å²) in [6.45, 7) is 0. The summed E-state index contributed by atoms with van der Waals surface area (Å²) < 4.78 is 0. The maximum Gasteiger partial charge on any atom is 2.00 e. The summed E-state index contributed by atoms with van der Waals surface area (Å²) in [5.74, 6) is 0. The van der Waals surface area contributed by atoms with Gasteiger partial charge in [-0.15, -0.1) is 0 Å². The first-order chi connectivity index (χ1) is 5.00. The van der Waals surface area contributed by atoms with Crippen molar-refractivity contribution in [2.45, 2.75) is 0 Å². The molecule has 0 heterocycles. The predicted molar refractivity (Wildman–Crippen MR) is 54.0 cm³/mol. The number of hydrogen-bond donors (Lipinski definition) is 0. The number of rotatable bonds is 0. The van der Waals surface area contributed by atoms with Crippen LogP contribution in [0.1, 0.15) is 0 Å². The third-order valence-electron chi connectivity index (χ3n) is 1.11. The quantitative estimate of drug-likeness (QED) is 0.457. The fourth-order valence-corrected chi connectivity index (χ4v) is 0.642. The molecule has 0 aliphatic rings. The van der Waals surface area contributed by atoms with Crippen LogP contribution >= 0.6 is 0 Å². The van der Waals surface area contributed by atoms with Gasteiger partial charge in [0.15, 0.2) is 0 Å². The van der Waals surface area contributed by atoms with Crippen molar-refractivity contribution in [1.82, 2.24) is 0 Å². The zero-order valence-electron chi connectivity index (χ0n) is 7.27. The van der Waals surface area contributed by atoms with Crippen molar-refractivity contribution in [2.75, 3.05) is 0 Å². The minimum atomic E-state index is 0.